The van der Waals surface area contributed by atoms with Gasteiger partial charge in [0.2, 0.25) is 0 Å². The van der Waals surface area contributed by atoms with Gasteiger partial charge in [0.05, 0.1) is 10.6 Å². The Morgan fingerprint density at radius 1 is 1.07 bits per heavy atom. The van der Waals surface area contributed by atoms with Crippen molar-refractivity contribution in [2.75, 3.05) is 18.0 Å². The fourth-order valence-corrected chi connectivity index (χ4v) is 4.26. The zero-order chi connectivity index (χ0) is 18.8. The van der Waals surface area contributed by atoms with Crippen LogP contribution in [0.3, 0.4) is 0 Å². The Morgan fingerprint density at radius 3 is 2.52 bits per heavy atom. The van der Waals surface area contributed by atoms with Crippen molar-refractivity contribution < 1.29 is 4.79 Å². The van der Waals surface area contributed by atoms with Crippen molar-refractivity contribution in [1.82, 2.24) is 5.32 Å². The highest BCUT2D eigenvalue weighted by atomic mass is 32.2. The maximum Gasteiger partial charge on any atom is 0.264 e. The van der Waals surface area contributed by atoms with Crippen LogP contribution in [-0.4, -0.2) is 24.2 Å². The summed E-state index contributed by atoms with van der Waals surface area (Å²) < 4.78 is 0. The number of benzene rings is 2. The van der Waals surface area contributed by atoms with Gasteiger partial charge in [-0.3, -0.25) is 4.79 Å². The summed E-state index contributed by atoms with van der Waals surface area (Å²) in [4.78, 5) is 20.0. The highest BCUT2D eigenvalue weighted by Gasteiger charge is 2.24. The van der Waals surface area contributed by atoms with E-state index in [-0.39, 0.29) is 5.91 Å². The van der Waals surface area contributed by atoms with E-state index in [0.29, 0.717) is 10.1 Å². The topological polar surface area (TPSA) is 44.7 Å². The molecule has 0 saturated carbocycles. The highest BCUT2D eigenvalue weighted by Crippen LogP contribution is 2.30. The summed E-state index contributed by atoms with van der Waals surface area (Å²) in [5, 5.41) is 3.50. The molecule has 0 unspecified atom stereocenters. The quantitative estimate of drug-likeness (QED) is 0.782. The highest BCUT2D eigenvalue weighted by molar-refractivity contribution is 8.18. The van der Waals surface area contributed by atoms with Crippen LogP contribution in [0.5, 0.6) is 0 Å². The van der Waals surface area contributed by atoms with Gasteiger partial charge in [-0.2, -0.15) is 0 Å². The third kappa shape index (κ3) is 4.08. The van der Waals surface area contributed by atoms with E-state index in [1.807, 2.05) is 25.1 Å². The maximum absolute atomic E-state index is 12.3. The third-order valence-electron chi connectivity index (χ3n) is 4.89. The minimum absolute atomic E-state index is 0.0906. The monoisotopic (exact) mass is 377 g/mol. The van der Waals surface area contributed by atoms with Crippen molar-refractivity contribution in [1.29, 1.82) is 0 Å². The summed E-state index contributed by atoms with van der Waals surface area (Å²) in [5.74, 6) is -0.0906. The molecule has 0 radical (unpaired) electrons. The standard InChI is InChI=1S/C22H23N3OS/c1-15-5-10-19(16(2)13-15)23-22-24-21(26)20(27-22)14-17-6-8-18(9-7-17)25-11-3-4-12-25/h5-10,13-14H,3-4,11-12H2,1-2H3,(H,23,24,26). The van der Waals surface area contributed by atoms with Crippen LogP contribution in [-0.2, 0) is 4.79 Å². The van der Waals surface area contributed by atoms with Crippen molar-refractivity contribution in [3.63, 3.8) is 0 Å². The Kier molecular flexibility index (Phi) is 5.03. The lowest BCUT2D eigenvalue weighted by Crippen LogP contribution is -2.19. The number of aryl methyl sites for hydroxylation is 2. The number of hydrogen-bond acceptors (Lipinski definition) is 4. The van der Waals surface area contributed by atoms with Crippen LogP contribution >= 0.6 is 11.8 Å². The summed E-state index contributed by atoms with van der Waals surface area (Å²) in [7, 11) is 0. The molecule has 0 aliphatic carbocycles. The van der Waals surface area contributed by atoms with Gasteiger partial charge >= 0.3 is 0 Å². The molecule has 138 valence electrons. The Bertz CT molecular complexity index is 925. The first-order chi connectivity index (χ1) is 13.1. The number of rotatable bonds is 3. The molecule has 0 bridgehead atoms. The molecule has 0 atom stereocenters. The number of hydrogen-bond donors (Lipinski definition) is 1. The van der Waals surface area contributed by atoms with Crippen molar-refractivity contribution in [2.24, 2.45) is 4.99 Å². The lowest BCUT2D eigenvalue weighted by Gasteiger charge is -2.17. The van der Waals surface area contributed by atoms with Crippen LogP contribution in [0.15, 0.2) is 52.4 Å². The van der Waals surface area contributed by atoms with Gasteiger partial charge in [0.15, 0.2) is 5.17 Å². The SMILES string of the molecule is Cc1ccc(N=C2NC(=O)C(=Cc3ccc(N4CCCC4)cc3)S2)c(C)c1. The summed E-state index contributed by atoms with van der Waals surface area (Å²) in [6.45, 7) is 6.37. The number of amidine groups is 1. The van der Waals surface area contributed by atoms with Crippen LogP contribution in [0.4, 0.5) is 11.4 Å². The second-order valence-corrected chi connectivity index (χ2v) is 8.09. The average molecular weight is 378 g/mol. The van der Waals surface area contributed by atoms with Gasteiger partial charge in [-0.05, 0) is 73.9 Å². The van der Waals surface area contributed by atoms with E-state index in [0.717, 1.165) is 29.9 Å². The zero-order valence-corrected chi connectivity index (χ0v) is 16.5. The predicted octanol–water partition coefficient (Wildman–Crippen LogP) is 4.80. The number of thioether (sulfide) groups is 1. The van der Waals surface area contributed by atoms with E-state index < -0.39 is 0 Å². The number of carbonyl (C=O) groups is 1. The Morgan fingerprint density at radius 2 is 1.81 bits per heavy atom. The van der Waals surface area contributed by atoms with Gasteiger partial charge in [0, 0.05) is 18.8 Å². The molecule has 5 heteroatoms. The first kappa shape index (κ1) is 17.9. The van der Waals surface area contributed by atoms with Crippen LogP contribution in [0, 0.1) is 13.8 Å². The van der Waals surface area contributed by atoms with Crippen LogP contribution in [0.1, 0.15) is 29.5 Å². The summed E-state index contributed by atoms with van der Waals surface area (Å²) in [5.41, 5.74) is 5.49. The number of nitrogens with one attached hydrogen (secondary N) is 1. The van der Waals surface area contributed by atoms with E-state index in [1.165, 1.54) is 35.9 Å². The molecule has 2 aromatic carbocycles. The number of carbonyl (C=O) groups excluding carboxylic acids is 1. The lowest BCUT2D eigenvalue weighted by atomic mass is 10.1. The summed E-state index contributed by atoms with van der Waals surface area (Å²) >= 11 is 1.39. The minimum atomic E-state index is -0.0906. The van der Waals surface area contributed by atoms with E-state index in [4.69, 9.17) is 0 Å². The summed E-state index contributed by atoms with van der Waals surface area (Å²) in [6, 6.07) is 14.6. The largest absolute Gasteiger partial charge is 0.372 e. The van der Waals surface area contributed by atoms with Crippen molar-refractivity contribution in [3.8, 4) is 0 Å². The number of aliphatic imine (C=N–C) groups is 1. The van der Waals surface area contributed by atoms with Gasteiger partial charge in [0.1, 0.15) is 0 Å². The smallest absolute Gasteiger partial charge is 0.264 e. The molecule has 1 N–H and O–H groups in total. The molecule has 4 rings (SSSR count). The van der Waals surface area contributed by atoms with E-state index in [1.54, 1.807) is 0 Å². The Hall–Kier alpha value is -2.53. The fraction of sp³-hybridized carbons (Fsp3) is 0.273. The van der Waals surface area contributed by atoms with Crippen LogP contribution in [0.2, 0.25) is 0 Å². The molecule has 2 saturated heterocycles. The normalized spacial score (nSPS) is 19.9. The predicted molar refractivity (Wildman–Crippen MR) is 115 cm³/mol. The van der Waals surface area contributed by atoms with Crippen molar-refractivity contribution in [3.05, 3.63) is 64.1 Å². The molecule has 2 fully saturated rings. The van der Waals surface area contributed by atoms with E-state index >= 15 is 0 Å². The zero-order valence-electron chi connectivity index (χ0n) is 15.7. The minimum Gasteiger partial charge on any atom is -0.372 e. The molecule has 2 aliphatic heterocycles. The Labute approximate surface area is 164 Å². The first-order valence-electron chi connectivity index (χ1n) is 9.30. The van der Waals surface area contributed by atoms with Gasteiger partial charge in [-0.25, -0.2) is 4.99 Å². The summed E-state index contributed by atoms with van der Waals surface area (Å²) in [6.07, 6.45) is 4.47. The van der Waals surface area contributed by atoms with Gasteiger partial charge in [-0.1, -0.05) is 29.8 Å². The third-order valence-corrected chi connectivity index (χ3v) is 5.80. The van der Waals surface area contributed by atoms with Crippen LogP contribution < -0.4 is 10.2 Å². The maximum atomic E-state index is 12.3. The molecule has 2 heterocycles. The van der Waals surface area contributed by atoms with E-state index in [9.17, 15) is 4.79 Å². The van der Waals surface area contributed by atoms with Gasteiger partial charge < -0.3 is 10.2 Å². The van der Waals surface area contributed by atoms with Crippen LogP contribution in [0.25, 0.3) is 6.08 Å². The van der Waals surface area contributed by atoms with E-state index in [2.05, 4.69) is 52.5 Å². The second-order valence-electron chi connectivity index (χ2n) is 7.06. The Balaban J connectivity index is 1.50. The van der Waals surface area contributed by atoms with Crippen molar-refractivity contribution in [2.45, 2.75) is 26.7 Å². The molecular weight excluding hydrogens is 354 g/mol. The first-order valence-corrected chi connectivity index (χ1v) is 10.1. The van der Waals surface area contributed by atoms with Gasteiger partial charge in [-0.15, -0.1) is 0 Å². The fourth-order valence-electron chi connectivity index (χ4n) is 3.43. The number of nitrogens with zero attached hydrogens (tertiary/aromatic N) is 2. The second kappa shape index (κ2) is 7.61. The molecular formula is C22H23N3OS. The van der Waals surface area contributed by atoms with Crippen molar-refractivity contribution >= 4 is 40.3 Å². The van der Waals surface area contributed by atoms with Gasteiger partial charge in [0.25, 0.3) is 5.91 Å². The number of anilines is 1. The number of amides is 1. The molecule has 1 amide bonds. The molecule has 0 aromatic heterocycles. The molecule has 2 aromatic rings. The average Bonchev–Trinajstić information content (AvgIpc) is 3.29. The molecule has 0 spiro atoms. The molecule has 27 heavy (non-hydrogen) atoms. The molecule has 4 nitrogen and oxygen atoms in total. The molecule has 2 aliphatic rings. The lowest BCUT2D eigenvalue weighted by molar-refractivity contribution is -0.115.